The molecule has 1 aromatic carbocycles. The van der Waals surface area contributed by atoms with Crippen molar-refractivity contribution in [2.24, 2.45) is 5.92 Å². The third kappa shape index (κ3) is 5.56. The maximum atomic E-state index is 11.4. The first-order chi connectivity index (χ1) is 12.7. The lowest BCUT2D eigenvalue weighted by Gasteiger charge is -2.23. The molecule has 6 heteroatoms. The molecule has 142 valence electrons. The fraction of sp³-hybridized carbons (Fsp3) is 0.550. The topological polar surface area (TPSA) is 68.2 Å². The number of carbonyl (C=O) groups is 1. The zero-order valence-corrected chi connectivity index (χ0v) is 15.0. The van der Waals surface area contributed by atoms with Crippen LogP contribution in [-0.2, 0) is 25.5 Å². The molecule has 1 fully saturated rings. The SMILES string of the molecule is O=C(O)C1C=C(COCCCCc2ccccc2)ON1CC1CCOC1. The predicted molar refractivity (Wildman–Crippen MR) is 96.4 cm³/mol. The maximum absolute atomic E-state index is 11.4. The number of aryl methyl sites for hydroxylation is 1. The van der Waals surface area contributed by atoms with Crippen LogP contribution in [0.1, 0.15) is 24.8 Å². The molecule has 2 atom stereocenters. The van der Waals surface area contributed by atoms with E-state index in [0.717, 1.165) is 32.3 Å². The van der Waals surface area contributed by atoms with Crippen molar-refractivity contribution in [2.75, 3.05) is 33.0 Å². The molecule has 1 aromatic rings. The van der Waals surface area contributed by atoms with Gasteiger partial charge in [0.15, 0.2) is 6.04 Å². The van der Waals surface area contributed by atoms with Crippen molar-refractivity contribution < 1.29 is 24.2 Å². The fourth-order valence-corrected chi connectivity index (χ4v) is 3.25. The van der Waals surface area contributed by atoms with Crippen LogP contribution in [0.4, 0.5) is 0 Å². The number of rotatable bonds is 10. The third-order valence-corrected chi connectivity index (χ3v) is 4.69. The van der Waals surface area contributed by atoms with E-state index in [1.165, 1.54) is 10.6 Å². The van der Waals surface area contributed by atoms with Crippen LogP contribution in [-0.4, -0.2) is 55.2 Å². The second-order valence-electron chi connectivity index (χ2n) is 6.83. The van der Waals surface area contributed by atoms with Crippen molar-refractivity contribution in [1.29, 1.82) is 0 Å². The Morgan fingerprint density at radius 2 is 2.12 bits per heavy atom. The number of hydrogen-bond donors (Lipinski definition) is 1. The van der Waals surface area contributed by atoms with Gasteiger partial charge in [0.2, 0.25) is 0 Å². The summed E-state index contributed by atoms with van der Waals surface area (Å²) >= 11 is 0. The van der Waals surface area contributed by atoms with E-state index in [4.69, 9.17) is 14.3 Å². The highest BCUT2D eigenvalue weighted by molar-refractivity contribution is 5.76. The number of benzene rings is 1. The molecule has 2 aliphatic rings. The van der Waals surface area contributed by atoms with Crippen molar-refractivity contribution in [3.05, 3.63) is 47.7 Å². The molecule has 1 saturated heterocycles. The van der Waals surface area contributed by atoms with Crippen LogP contribution in [0.2, 0.25) is 0 Å². The summed E-state index contributed by atoms with van der Waals surface area (Å²) in [5.74, 6) is 0.00431. The lowest BCUT2D eigenvalue weighted by molar-refractivity contribution is -0.167. The van der Waals surface area contributed by atoms with Crippen LogP contribution < -0.4 is 0 Å². The second kappa shape index (κ2) is 9.71. The molecule has 6 nitrogen and oxygen atoms in total. The number of carboxylic acid groups (broad SMARTS) is 1. The summed E-state index contributed by atoms with van der Waals surface area (Å²) in [6, 6.07) is 9.65. The van der Waals surface area contributed by atoms with Gasteiger partial charge in [-0.2, -0.15) is 0 Å². The molecular weight excluding hydrogens is 334 g/mol. The molecule has 0 saturated carbocycles. The molecule has 0 aliphatic carbocycles. The summed E-state index contributed by atoms with van der Waals surface area (Å²) in [4.78, 5) is 17.1. The summed E-state index contributed by atoms with van der Waals surface area (Å²) in [5.41, 5.74) is 1.34. The minimum absolute atomic E-state index is 0.312. The van der Waals surface area contributed by atoms with Crippen LogP contribution >= 0.6 is 0 Å². The summed E-state index contributed by atoms with van der Waals surface area (Å²) in [5, 5.41) is 10.9. The molecule has 3 rings (SSSR count). The monoisotopic (exact) mass is 361 g/mol. The van der Waals surface area contributed by atoms with Gasteiger partial charge in [-0.15, -0.1) is 5.06 Å². The zero-order chi connectivity index (χ0) is 18.2. The number of ether oxygens (including phenoxy) is 2. The molecule has 26 heavy (non-hydrogen) atoms. The standard InChI is InChI=1S/C20H27NO5/c22-20(23)19-12-18(26-21(19)13-17-9-11-25-14-17)15-24-10-5-4-8-16-6-2-1-3-7-16/h1-3,6-7,12,17,19H,4-5,8-11,13-15H2,(H,22,23). The predicted octanol–water partition coefficient (Wildman–Crippen LogP) is 2.65. The van der Waals surface area contributed by atoms with Crippen molar-refractivity contribution in [2.45, 2.75) is 31.7 Å². The Morgan fingerprint density at radius 3 is 2.85 bits per heavy atom. The maximum Gasteiger partial charge on any atom is 0.328 e. The van der Waals surface area contributed by atoms with Gasteiger partial charge in [0.1, 0.15) is 12.4 Å². The largest absolute Gasteiger partial charge is 0.480 e. The van der Waals surface area contributed by atoms with Gasteiger partial charge in [0.05, 0.1) is 6.61 Å². The molecule has 0 spiro atoms. The van der Waals surface area contributed by atoms with Crippen LogP contribution in [0, 0.1) is 5.92 Å². The first-order valence-corrected chi connectivity index (χ1v) is 9.30. The molecule has 0 radical (unpaired) electrons. The average Bonchev–Trinajstić information content (AvgIpc) is 3.29. The fourth-order valence-electron chi connectivity index (χ4n) is 3.25. The van der Waals surface area contributed by atoms with Gasteiger partial charge in [-0.25, -0.2) is 0 Å². The van der Waals surface area contributed by atoms with Gasteiger partial charge < -0.3 is 19.4 Å². The minimum atomic E-state index is -0.901. The number of unbranched alkanes of at least 4 members (excludes halogenated alkanes) is 1. The summed E-state index contributed by atoms with van der Waals surface area (Å²) in [7, 11) is 0. The van der Waals surface area contributed by atoms with Crippen LogP contribution in [0.5, 0.6) is 0 Å². The summed E-state index contributed by atoms with van der Waals surface area (Å²) < 4.78 is 11.0. The van der Waals surface area contributed by atoms with Crippen molar-refractivity contribution >= 4 is 5.97 Å². The van der Waals surface area contributed by atoms with E-state index in [0.29, 0.717) is 38.0 Å². The van der Waals surface area contributed by atoms with Crippen molar-refractivity contribution in [3.8, 4) is 0 Å². The Labute approximate surface area is 154 Å². The Morgan fingerprint density at radius 1 is 1.27 bits per heavy atom. The van der Waals surface area contributed by atoms with Gasteiger partial charge in [-0.05, 0) is 37.3 Å². The zero-order valence-electron chi connectivity index (χ0n) is 15.0. The van der Waals surface area contributed by atoms with Gasteiger partial charge in [-0.1, -0.05) is 30.3 Å². The van der Waals surface area contributed by atoms with Crippen LogP contribution in [0.3, 0.4) is 0 Å². The lowest BCUT2D eigenvalue weighted by Crippen LogP contribution is -2.38. The number of nitrogens with zero attached hydrogens (tertiary/aromatic N) is 1. The quantitative estimate of drug-likeness (QED) is 0.646. The highest BCUT2D eigenvalue weighted by atomic mass is 16.7. The Bertz CT molecular complexity index is 597. The van der Waals surface area contributed by atoms with Crippen LogP contribution in [0.25, 0.3) is 0 Å². The number of aliphatic carboxylic acids is 1. The molecule has 0 aromatic heterocycles. The van der Waals surface area contributed by atoms with E-state index in [2.05, 4.69) is 24.3 Å². The molecule has 0 amide bonds. The van der Waals surface area contributed by atoms with E-state index < -0.39 is 12.0 Å². The van der Waals surface area contributed by atoms with Crippen molar-refractivity contribution in [3.63, 3.8) is 0 Å². The number of hydrogen-bond acceptors (Lipinski definition) is 5. The highest BCUT2D eigenvalue weighted by Crippen LogP contribution is 2.23. The van der Waals surface area contributed by atoms with Gasteiger partial charge in [0.25, 0.3) is 0 Å². The van der Waals surface area contributed by atoms with Gasteiger partial charge in [0, 0.05) is 25.7 Å². The van der Waals surface area contributed by atoms with E-state index in [-0.39, 0.29) is 0 Å². The molecule has 2 heterocycles. The van der Waals surface area contributed by atoms with Crippen molar-refractivity contribution in [1.82, 2.24) is 5.06 Å². The van der Waals surface area contributed by atoms with E-state index in [1.54, 1.807) is 6.08 Å². The van der Waals surface area contributed by atoms with E-state index in [1.807, 2.05) is 6.07 Å². The first kappa shape index (κ1) is 18.9. The Balaban J connectivity index is 1.34. The Kier molecular flexibility index (Phi) is 7.05. The van der Waals surface area contributed by atoms with Crippen LogP contribution in [0.15, 0.2) is 42.2 Å². The molecule has 0 bridgehead atoms. The molecule has 1 N–H and O–H groups in total. The smallest absolute Gasteiger partial charge is 0.328 e. The van der Waals surface area contributed by atoms with Gasteiger partial charge >= 0.3 is 5.97 Å². The molecule has 2 unspecified atom stereocenters. The van der Waals surface area contributed by atoms with Gasteiger partial charge in [-0.3, -0.25) is 4.79 Å². The lowest BCUT2D eigenvalue weighted by atomic mass is 10.1. The molecule has 2 aliphatic heterocycles. The summed E-state index contributed by atoms with van der Waals surface area (Å²) in [6.07, 6.45) is 5.66. The van der Waals surface area contributed by atoms with E-state index >= 15 is 0 Å². The van der Waals surface area contributed by atoms with E-state index in [9.17, 15) is 9.90 Å². The highest BCUT2D eigenvalue weighted by Gasteiger charge is 2.35. The summed E-state index contributed by atoms with van der Waals surface area (Å²) in [6.45, 7) is 2.92. The average molecular weight is 361 g/mol. The number of hydroxylamine groups is 2. The first-order valence-electron chi connectivity index (χ1n) is 9.30. The second-order valence-corrected chi connectivity index (χ2v) is 6.83. The molecular formula is C20H27NO5. The number of carboxylic acids is 1. The Hall–Kier alpha value is -1.89. The third-order valence-electron chi connectivity index (χ3n) is 4.69. The minimum Gasteiger partial charge on any atom is -0.480 e. The normalized spacial score (nSPS) is 23.0.